The van der Waals surface area contributed by atoms with Crippen LogP contribution in [0.2, 0.25) is 0 Å². The Balaban J connectivity index is 0. The normalized spacial score (nSPS) is 9.32. The standard InChI is InChI=1S/C12H19N3O2.2ClH/c1-2-13-8-3-9-14-10-11-4-6-12(7-5-11)15(16)17;;/h4-7,13-14H,2-3,8-10H2,1H3;2*1H. The molecule has 7 heteroatoms. The largest absolute Gasteiger partial charge is 0.317 e. The van der Waals surface area contributed by atoms with Crippen LogP contribution in [-0.4, -0.2) is 24.6 Å². The van der Waals surface area contributed by atoms with E-state index in [1.54, 1.807) is 12.1 Å². The first-order valence-corrected chi connectivity index (χ1v) is 5.88. The van der Waals surface area contributed by atoms with Gasteiger partial charge in [0, 0.05) is 18.7 Å². The van der Waals surface area contributed by atoms with E-state index in [4.69, 9.17) is 0 Å². The van der Waals surface area contributed by atoms with Gasteiger partial charge in [0.1, 0.15) is 0 Å². The molecule has 1 aromatic carbocycles. The Hall–Kier alpha value is -0.880. The second kappa shape index (κ2) is 12.2. The number of nitrogens with one attached hydrogen (secondary N) is 2. The van der Waals surface area contributed by atoms with Gasteiger partial charge >= 0.3 is 0 Å². The van der Waals surface area contributed by atoms with Gasteiger partial charge in [-0.3, -0.25) is 10.1 Å². The SMILES string of the molecule is CCNCCCNCc1ccc([N+](=O)[O-])cc1.Cl.Cl. The Morgan fingerprint density at radius 2 is 1.68 bits per heavy atom. The number of hydrogen-bond donors (Lipinski definition) is 2. The number of nitrogens with zero attached hydrogens (tertiary/aromatic N) is 1. The number of non-ortho nitro benzene ring substituents is 1. The summed E-state index contributed by atoms with van der Waals surface area (Å²) in [6.45, 7) is 5.81. The van der Waals surface area contributed by atoms with E-state index in [0.29, 0.717) is 0 Å². The van der Waals surface area contributed by atoms with Gasteiger partial charge in [-0.15, -0.1) is 24.8 Å². The molecule has 0 unspecified atom stereocenters. The first-order chi connectivity index (χ1) is 8.24. The highest BCUT2D eigenvalue weighted by Gasteiger charge is 2.03. The fourth-order valence-electron chi connectivity index (χ4n) is 1.48. The molecule has 0 aromatic heterocycles. The summed E-state index contributed by atoms with van der Waals surface area (Å²) in [6.07, 6.45) is 1.08. The summed E-state index contributed by atoms with van der Waals surface area (Å²) in [5.41, 5.74) is 1.21. The average molecular weight is 310 g/mol. The highest BCUT2D eigenvalue weighted by Crippen LogP contribution is 2.11. The number of hydrogen-bond acceptors (Lipinski definition) is 4. The summed E-state index contributed by atoms with van der Waals surface area (Å²) in [6, 6.07) is 6.65. The number of rotatable bonds is 8. The Bertz CT molecular complexity index is 347. The number of nitro benzene ring substituents is 1. The van der Waals surface area contributed by atoms with E-state index in [2.05, 4.69) is 17.6 Å². The Morgan fingerprint density at radius 1 is 1.11 bits per heavy atom. The van der Waals surface area contributed by atoms with Crippen molar-refractivity contribution in [3.63, 3.8) is 0 Å². The minimum absolute atomic E-state index is 0. The molecule has 0 aliphatic rings. The lowest BCUT2D eigenvalue weighted by Gasteiger charge is -2.05. The third-order valence-electron chi connectivity index (χ3n) is 2.43. The van der Waals surface area contributed by atoms with Crippen LogP contribution in [0.5, 0.6) is 0 Å². The molecule has 5 nitrogen and oxygen atoms in total. The van der Waals surface area contributed by atoms with Crippen molar-refractivity contribution in [2.24, 2.45) is 0 Å². The predicted octanol–water partition coefficient (Wildman–Crippen LogP) is 2.53. The molecule has 0 heterocycles. The van der Waals surface area contributed by atoms with Gasteiger partial charge in [0.2, 0.25) is 0 Å². The van der Waals surface area contributed by atoms with Crippen LogP contribution >= 0.6 is 24.8 Å². The smallest absolute Gasteiger partial charge is 0.269 e. The van der Waals surface area contributed by atoms with Crippen LogP contribution in [0.4, 0.5) is 5.69 Å². The highest BCUT2D eigenvalue weighted by atomic mass is 35.5. The fourth-order valence-corrected chi connectivity index (χ4v) is 1.48. The maximum atomic E-state index is 10.5. The molecule has 0 aliphatic carbocycles. The molecule has 0 saturated heterocycles. The zero-order chi connectivity index (χ0) is 12.5. The summed E-state index contributed by atoms with van der Waals surface area (Å²) >= 11 is 0. The summed E-state index contributed by atoms with van der Waals surface area (Å²) in [5.74, 6) is 0. The molecule has 110 valence electrons. The van der Waals surface area contributed by atoms with Crippen LogP contribution in [0.15, 0.2) is 24.3 Å². The van der Waals surface area contributed by atoms with Gasteiger partial charge < -0.3 is 10.6 Å². The van der Waals surface area contributed by atoms with Gasteiger partial charge in [-0.25, -0.2) is 0 Å². The molecule has 0 amide bonds. The average Bonchev–Trinajstić information content (AvgIpc) is 2.34. The molecule has 1 rings (SSSR count). The molecule has 0 atom stereocenters. The molecule has 19 heavy (non-hydrogen) atoms. The fraction of sp³-hybridized carbons (Fsp3) is 0.500. The van der Waals surface area contributed by atoms with Crippen LogP contribution in [0, 0.1) is 10.1 Å². The molecule has 0 bridgehead atoms. The number of halogens is 2. The van der Waals surface area contributed by atoms with Gasteiger partial charge in [0.25, 0.3) is 5.69 Å². The quantitative estimate of drug-likeness (QED) is 0.440. The minimum Gasteiger partial charge on any atom is -0.317 e. The second-order valence-electron chi connectivity index (χ2n) is 3.81. The first kappa shape index (κ1) is 20.4. The summed E-state index contributed by atoms with van der Waals surface area (Å²) in [5, 5.41) is 17.0. The molecule has 2 N–H and O–H groups in total. The first-order valence-electron chi connectivity index (χ1n) is 5.88. The Morgan fingerprint density at radius 3 is 2.21 bits per heavy atom. The van der Waals surface area contributed by atoms with Crippen molar-refractivity contribution >= 4 is 30.5 Å². The predicted molar refractivity (Wildman–Crippen MR) is 82.5 cm³/mol. The van der Waals surface area contributed by atoms with Crippen LogP contribution in [0.3, 0.4) is 0 Å². The van der Waals surface area contributed by atoms with Crippen molar-refractivity contribution in [3.05, 3.63) is 39.9 Å². The number of benzene rings is 1. The molecule has 0 saturated carbocycles. The van der Waals surface area contributed by atoms with E-state index >= 15 is 0 Å². The van der Waals surface area contributed by atoms with Crippen LogP contribution < -0.4 is 10.6 Å². The molecule has 0 radical (unpaired) electrons. The maximum Gasteiger partial charge on any atom is 0.269 e. The van der Waals surface area contributed by atoms with Gasteiger partial charge in [-0.2, -0.15) is 0 Å². The topological polar surface area (TPSA) is 67.2 Å². The Labute approximate surface area is 126 Å². The molecule has 0 spiro atoms. The minimum atomic E-state index is -0.381. The lowest BCUT2D eigenvalue weighted by Crippen LogP contribution is -2.21. The van der Waals surface area contributed by atoms with Crippen molar-refractivity contribution in [1.29, 1.82) is 0 Å². The monoisotopic (exact) mass is 309 g/mol. The third kappa shape index (κ3) is 8.77. The zero-order valence-electron chi connectivity index (χ0n) is 10.9. The van der Waals surface area contributed by atoms with Crippen LogP contribution in [0.1, 0.15) is 18.9 Å². The van der Waals surface area contributed by atoms with Crippen LogP contribution in [-0.2, 0) is 6.54 Å². The van der Waals surface area contributed by atoms with Crippen molar-refractivity contribution < 1.29 is 4.92 Å². The third-order valence-corrected chi connectivity index (χ3v) is 2.43. The molecule has 0 fully saturated rings. The molecular weight excluding hydrogens is 289 g/mol. The molecule has 0 aliphatic heterocycles. The second-order valence-corrected chi connectivity index (χ2v) is 3.81. The van der Waals surface area contributed by atoms with Crippen molar-refractivity contribution in [3.8, 4) is 0 Å². The van der Waals surface area contributed by atoms with Crippen molar-refractivity contribution in [2.75, 3.05) is 19.6 Å². The lowest BCUT2D eigenvalue weighted by molar-refractivity contribution is -0.384. The van der Waals surface area contributed by atoms with E-state index < -0.39 is 0 Å². The van der Waals surface area contributed by atoms with Gasteiger partial charge in [0.15, 0.2) is 0 Å². The molecular formula is C12H21Cl2N3O2. The van der Waals surface area contributed by atoms with Crippen LogP contribution in [0.25, 0.3) is 0 Å². The van der Waals surface area contributed by atoms with Gasteiger partial charge in [0.05, 0.1) is 4.92 Å². The van der Waals surface area contributed by atoms with E-state index in [9.17, 15) is 10.1 Å². The van der Waals surface area contributed by atoms with Gasteiger partial charge in [-0.05, 0) is 31.6 Å². The van der Waals surface area contributed by atoms with Gasteiger partial charge in [-0.1, -0.05) is 19.1 Å². The molecule has 1 aromatic rings. The summed E-state index contributed by atoms with van der Waals surface area (Å²) in [7, 11) is 0. The van der Waals surface area contributed by atoms with E-state index in [1.165, 1.54) is 12.1 Å². The van der Waals surface area contributed by atoms with Crippen molar-refractivity contribution in [2.45, 2.75) is 19.9 Å². The van der Waals surface area contributed by atoms with E-state index in [1.807, 2.05) is 0 Å². The maximum absolute atomic E-state index is 10.5. The zero-order valence-corrected chi connectivity index (χ0v) is 12.6. The summed E-state index contributed by atoms with van der Waals surface area (Å²) < 4.78 is 0. The highest BCUT2D eigenvalue weighted by molar-refractivity contribution is 5.85. The van der Waals surface area contributed by atoms with Crippen molar-refractivity contribution in [1.82, 2.24) is 10.6 Å². The van der Waals surface area contributed by atoms with E-state index in [-0.39, 0.29) is 35.4 Å². The Kier molecular flexibility index (Phi) is 13.1. The summed E-state index contributed by atoms with van der Waals surface area (Å²) in [4.78, 5) is 10.1. The lowest BCUT2D eigenvalue weighted by atomic mass is 10.2. The van der Waals surface area contributed by atoms with E-state index in [0.717, 1.165) is 38.2 Å². The number of nitro groups is 1.